The van der Waals surface area contributed by atoms with Crippen molar-refractivity contribution in [2.45, 2.75) is 13.8 Å². The summed E-state index contributed by atoms with van der Waals surface area (Å²) in [4.78, 5) is 47.9. The number of amides is 2. The van der Waals surface area contributed by atoms with Crippen molar-refractivity contribution in [2.75, 3.05) is 39.8 Å². The lowest BCUT2D eigenvalue weighted by Crippen LogP contribution is -2.25. The number of rotatable bonds is 6. The van der Waals surface area contributed by atoms with Gasteiger partial charge in [-0.1, -0.05) is 21.9 Å². The van der Waals surface area contributed by atoms with Gasteiger partial charge in [0.05, 0.1) is 29.0 Å². The summed E-state index contributed by atoms with van der Waals surface area (Å²) in [7, 11) is 5.79. The van der Waals surface area contributed by atoms with E-state index in [2.05, 4.69) is 50.6 Å². The Kier molecular flexibility index (Phi) is 13.4. The second kappa shape index (κ2) is 18.1. The third kappa shape index (κ3) is 8.93. The molecule has 4 aromatic heterocycles. The number of halogens is 3. The smallest absolute Gasteiger partial charge is 0.325 e. The van der Waals surface area contributed by atoms with Gasteiger partial charge in [-0.15, -0.1) is 0 Å². The summed E-state index contributed by atoms with van der Waals surface area (Å²) in [5.74, 6) is -1.44. The van der Waals surface area contributed by atoms with E-state index in [0.29, 0.717) is 28.0 Å². The molecule has 0 bridgehead atoms. The van der Waals surface area contributed by atoms with Crippen molar-refractivity contribution < 1.29 is 37.9 Å². The Labute approximate surface area is 316 Å². The summed E-state index contributed by atoms with van der Waals surface area (Å²) in [6.45, 7) is 3.41. The normalized spacial score (nSPS) is 10.9. The van der Waals surface area contributed by atoms with Gasteiger partial charge in [-0.3, -0.25) is 9.13 Å². The summed E-state index contributed by atoms with van der Waals surface area (Å²) in [5.41, 5.74) is 14.0. The zero-order valence-corrected chi connectivity index (χ0v) is 30.9. The first-order valence-electron chi connectivity index (χ1n) is 15.7. The minimum atomic E-state index is -0.705. The van der Waals surface area contributed by atoms with E-state index in [9.17, 15) is 23.5 Å². The molecule has 0 atom stereocenters. The number of phenolic OH excluding ortho intramolecular Hbond substituents is 1. The number of anilines is 2. The minimum absolute atomic E-state index is 0.0176. The SMILES string of the molecule is CNC(=O)n1c(C)cc2c(F)c(O)ccc21.CNC(=O)n1c(C)cc2c(F)c(Oc3ncnc(N)c3/C=N/OC)ccc21.CO/N=C/c1c(N)ncnc1Cl. The molecule has 4 heterocycles. The van der Waals surface area contributed by atoms with Crippen LogP contribution in [-0.2, 0) is 9.68 Å². The molecule has 0 saturated carbocycles. The summed E-state index contributed by atoms with van der Waals surface area (Å²) < 4.78 is 36.9. The van der Waals surface area contributed by atoms with Gasteiger partial charge in [0.2, 0.25) is 5.88 Å². The van der Waals surface area contributed by atoms with Gasteiger partial charge in [0, 0.05) is 36.3 Å². The third-order valence-corrected chi connectivity index (χ3v) is 7.81. The molecule has 0 unspecified atom stereocenters. The highest BCUT2D eigenvalue weighted by atomic mass is 35.5. The molecule has 21 heteroatoms. The average Bonchev–Trinajstić information content (AvgIpc) is 3.70. The zero-order chi connectivity index (χ0) is 40.4. The van der Waals surface area contributed by atoms with E-state index in [-0.39, 0.29) is 56.8 Å². The summed E-state index contributed by atoms with van der Waals surface area (Å²) >= 11 is 5.69. The molecule has 6 rings (SSSR count). The second-order valence-corrected chi connectivity index (χ2v) is 11.2. The molecule has 0 fully saturated rings. The molecule has 18 nitrogen and oxygen atoms in total. The molecule has 2 amide bonds. The Morgan fingerprint density at radius 2 is 1.29 bits per heavy atom. The van der Waals surface area contributed by atoms with Crippen LogP contribution in [0.2, 0.25) is 5.15 Å². The molecule has 0 aliphatic heterocycles. The standard InChI is InChI=1S/C17H17FN6O3.C11H11FN2O2.C6H7ClN4O/c1-9-6-10-12(24(9)17(25)20-2)4-5-13(14(10)18)27-16-11(7-23-26-3)15(19)21-8-22-16;1-6-5-7-8(14(6)11(16)13-2)3-4-9(15)10(7)12;1-12-11-2-4-5(7)9-3-10-6(4)8/h4-8H,1-3H3,(H,20,25)(H2,19,21,22);3-5,15H,1-2H3,(H,13,16);2-3H,1H3,(H2,8,9,10)/b23-7+;;11-2+. The van der Waals surface area contributed by atoms with Crippen molar-refractivity contribution in [3.63, 3.8) is 0 Å². The van der Waals surface area contributed by atoms with E-state index in [4.69, 9.17) is 27.8 Å². The van der Waals surface area contributed by atoms with E-state index in [1.54, 1.807) is 26.0 Å². The number of aryl methyl sites for hydroxylation is 2. The third-order valence-electron chi connectivity index (χ3n) is 7.51. The Morgan fingerprint density at radius 3 is 1.82 bits per heavy atom. The molecule has 0 radical (unpaired) electrons. The Balaban J connectivity index is 0.000000203. The maximum Gasteiger partial charge on any atom is 0.325 e. The second-order valence-electron chi connectivity index (χ2n) is 10.9. The lowest BCUT2D eigenvalue weighted by atomic mass is 10.2. The number of benzene rings is 2. The van der Waals surface area contributed by atoms with Gasteiger partial charge < -0.3 is 41.6 Å². The molecule has 2 aromatic carbocycles. The van der Waals surface area contributed by atoms with E-state index in [0.717, 1.165) is 0 Å². The number of nitrogens with two attached hydrogens (primary N) is 2. The van der Waals surface area contributed by atoms with Gasteiger partial charge in [0.25, 0.3) is 0 Å². The number of phenols is 1. The largest absolute Gasteiger partial charge is 0.505 e. The predicted molar refractivity (Wildman–Crippen MR) is 202 cm³/mol. The highest BCUT2D eigenvalue weighted by Crippen LogP contribution is 2.33. The molecular weight excluding hydrogens is 746 g/mol. The van der Waals surface area contributed by atoms with Gasteiger partial charge in [-0.2, -0.15) is 0 Å². The Hall–Kier alpha value is -7.09. The topological polar surface area (TPSA) is 244 Å². The van der Waals surface area contributed by atoms with Crippen LogP contribution in [0.25, 0.3) is 21.8 Å². The van der Waals surface area contributed by atoms with Crippen LogP contribution in [0.3, 0.4) is 0 Å². The number of nitrogen functional groups attached to an aromatic ring is 2. The lowest BCUT2D eigenvalue weighted by Gasteiger charge is -2.10. The number of oxime groups is 2. The van der Waals surface area contributed by atoms with E-state index >= 15 is 0 Å². The van der Waals surface area contributed by atoms with Crippen molar-refractivity contribution in [2.24, 2.45) is 10.3 Å². The van der Waals surface area contributed by atoms with E-state index < -0.39 is 17.4 Å². The monoisotopic (exact) mass is 780 g/mol. The Morgan fingerprint density at radius 1 is 0.800 bits per heavy atom. The van der Waals surface area contributed by atoms with E-state index in [1.807, 2.05) is 0 Å². The minimum Gasteiger partial charge on any atom is -0.505 e. The van der Waals surface area contributed by atoms with E-state index in [1.165, 1.54) is 86.8 Å². The predicted octanol–water partition coefficient (Wildman–Crippen LogP) is 5.10. The fraction of sp³-hybridized carbons (Fsp3) is 0.176. The molecule has 6 aromatic rings. The lowest BCUT2D eigenvalue weighted by molar-refractivity contribution is 0.215. The van der Waals surface area contributed by atoms with Crippen molar-refractivity contribution >= 4 is 69.5 Å². The van der Waals surface area contributed by atoms with Crippen LogP contribution in [0.4, 0.5) is 30.0 Å². The first-order valence-corrected chi connectivity index (χ1v) is 16.1. The van der Waals surface area contributed by atoms with Crippen LogP contribution in [0.5, 0.6) is 17.4 Å². The van der Waals surface area contributed by atoms with Gasteiger partial charge in [-0.05, 0) is 50.2 Å². The summed E-state index contributed by atoms with van der Waals surface area (Å²) in [5, 5.41) is 22.1. The number of aromatic nitrogens is 6. The van der Waals surface area contributed by atoms with Crippen LogP contribution in [0, 0.1) is 25.5 Å². The number of aromatic hydroxyl groups is 1. The van der Waals surface area contributed by atoms with Crippen molar-refractivity contribution in [3.8, 4) is 17.4 Å². The molecule has 288 valence electrons. The quantitative estimate of drug-likeness (QED) is 0.0843. The van der Waals surface area contributed by atoms with Crippen LogP contribution >= 0.6 is 11.6 Å². The molecule has 55 heavy (non-hydrogen) atoms. The number of carbonyl (C=O) groups is 2. The van der Waals surface area contributed by atoms with Crippen LogP contribution in [0.1, 0.15) is 22.5 Å². The fourth-order valence-corrected chi connectivity index (χ4v) is 5.17. The number of fused-ring (bicyclic) bond motifs is 2. The number of hydrogen-bond acceptors (Lipinski definition) is 14. The van der Waals surface area contributed by atoms with Gasteiger partial charge >= 0.3 is 12.1 Å². The highest BCUT2D eigenvalue weighted by molar-refractivity contribution is 6.32. The molecule has 0 saturated heterocycles. The molecule has 0 spiro atoms. The molecule has 0 aliphatic carbocycles. The maximum absolute atomic E-state index is 15.0. The van der Waals surface area contributed by atoms with Crippen molar-refractivity contribution in [1.82, 2.24) is 39.7 Å². The highest BCUT2D eigenvalue weighted by Gasteiger charge is 2.20. The maximum atomic E-state index is 15.0. The zero-order valence-electron chi connectivity index (χ0n) is 30.1. The van der Waals surface area contributed by atoms with Crippen LogP contribution in [-0.4, -0.2) is 87.0 Å². The Bertz CT molecular complexity index is 2400. The number of nitrogens with one attached hydrogen (secondary N) is 2. The molecule has 0 aliphatic rings. The fourth-order valence-electron chi connectivity index (χ4n) is 4.98. The summed E-state index contributed by atoms with van der Waals surface area (Å²) in [6.07, 6.45) is 5.10. The van der Waals surface area contributed by atoms with Crippen molar-refractivity contribution in [1.29, 1.82) is 0 Å². The number of nitrogens with zero attached hydrogens (tertiary/aromatic N) is 8. The molecule has 7 N–H and O–H groups in total. The van der Waals surface area contributed by atoms with Gasteiger partial charge in [-0.25, -0.2) is 38.3 Å². The molecular formula is C34H35ClF2N12O6. The van der Waals surface area contributed by atoms with Crippen LogP contribution < -0.4 is 26.8 Å². The first kappa shape index (κ1) is 40.7. The number of hydrogen-bond donors (Lipinski definition) is 5. The van der Waals surface area contributed by atoms with Gasteiger partial charge in [0.1, 0.15) is 49.2 Å². The summed E-state index contributed by atoms with van der Waals surface area (Å²) in [6, 6.07) is 8.13. The van der Waals surface area contributed by atoms with Crippen molar-refractivity contribution in [3.05, 3.63) is 88.4 Å². The van der Waals surface area contributed by atoms with Crippen LogP contribution in [0.15, 0.2) is 59.4 Å². The number of ether oxygens (including phenoxy) is 1. The average molecular weight is 781 g/mol. The first-order chi connectivity index (χ1) is 26.3. The van der Waals surface area contributed by atoms with Gasteiger partial charge in [0.15, 0.2) is 23.1 Å². The number of carbonyl (C=O) groups excluding carboxylic acids is 2.